The number of nitrogens with zero attached hydrogens (tertiary/aromatic N) is 3. The molecule has 0 radical (unpaired) electrons. The molecule has 2 heterocycles. The average molecular weight is 250 g/mol. The number of nitrogens with one attached hydrogen (secondary N) is 1. The molecule has 102 valence electrons. The van der Waals surface area contributed by atoms with E-state index in [4.69, 9.17) is 0 Å². The van der Waals surface area contributed by atoms with Crippen LogP contribution in [-0.2, 0) is 0 Å². The zero-order valence-corrected chi connectivity index (χ0v) is 11.8. The molecule has 0 aliphatic carbocycles. The van der Waals surface area contributed by atoms with Gasteiger partial charge in [0.25, 0.3) is 0 Å². The Balaban J connectivity index is 1.88. The van der Waals surface area contributed by atoms with Crippen molar-refractivity contribution < 1.29 is 0 Å². The summed E-state index contributed by atoms with van der Waals surface area (Å²) in [4.78, 5) is 4.90. The van der Waals surface area contributed by atoms with Crippen LogP contribution in [0.3, 0.4) is 0 Å². The van der Waals surface area contributed by atoms with Gasteiger partial charge in [-0.15, -0.1) is 0 Å². The summed E-state index contributed by atoms with van der Waals surface area (Å²) in [6, 6.07) is 3.04. The van der Waals surface area contributed by atoms with Crippen molar-refractivity contribution in [2.45, 2.75) is 44.7 Å². The van der Waals surface area contributed by atoms with Gasteiger partial charge >= 0.3 is 0 Å². The largest absolute Gasteiger partial charge is 0.303 e. The first-order valence-corrected chi connectivity index (χ1v) is 7.38. The van der Waals surface area contributed by atoms with Gasteiger partial charge in [-0.2, -0.15) is 5.26 Å². The summed E-state index contributed by atoms with van der Waals surface area (Å²) in [6.07, 6.45) is 3.43. The minimum atomic E-state index is -0.274. The fraction of sp³-hybridized carbons (Fsp3) is 0.929. The molecule has 4 nitrogen and oxygen atoms in total. The van der Waals surface area contributed by atoms with Gasteiger partial charge in [-0.25, -0.2) is 0 Å². The highest BCUT2D eigenvalue weighted by molar-refractivity contribution is 5.19. The summed E-state index contributed by atoms with van der Waals surface area (Å²) in [7, 11) is 0. The molecular formula is C14H26N4. The van der Waals surface area contributed by atoms with Gasteiger partial charge in [0.15, 0.2) is 0 Å². The van der Waals surface area contributed by atoms with Crippen LogP contribution < -0.4 is 5.32 Å². The van der Waals surface area contributed by atoms with Crippen LogP contribution in [0.1, 0.15) is 33.1 Å². The maximum Gasteiger partial charge on any atom is 0.123 e. The van der Waals surface area contributed by atoms with Crippen LogP contribution in [0.4, 0.5) is 0 Å². The maximum absolute atomic E-state index is 9.59. The summed E-state index contributed by atoms with van der Waals surface area (Å²) in [6.45, 7) is 10.8. The van der Waals surface area contributed by atoms with Crippen LogP contribution >= 0.6 is 0 Å². The predicted octanol–water partition coefficient (Wildman–Crippen LogP) is 1.05. The molecular weight excluding hydrogens is 224 g/mol. The van der Waals surface area contributed by atoms with Crippen molar-refractivity contribution in [3.8, 4) is 6.07 Å². The van der Waals surface area contributed by atoms with Gasteiger partial charge in [-0.1, -0.05) is 13.8 Å². The normalized spacial score (nSPS) is 31.8. The van der Waals surface area contributed by atoms with Crippen LogP contribution in [-0.4, -0.2) is 60.6 Å². The maximum atomic E-state index is 9.59. The Morgan fingerprint density at radius 2 is 2.17 bits per heavy atom. The molecule has 2 fully saturated rings. The van der Waals surface area contributed by atoms with Gasteiger partial charge in [0, 0.05) is 25.7 Å². The quantitative estimate of drug-likeness (QED) is 0.765. The van der Waals surface area contributed by atoms with E-state index in [1.807, 2.05) is 0 Å². The summed E-state index contributed by atoms with van der Waals surface area (Å²) in [5.41, 5.74) is -0.274. The van der Waals surface area contributed by atoms with Crippen LogP contribution in [0.15, 0.2) is 0 Å². The first-order valence-electron chi connectivity index (χ1n) is 7.38. The Labute approximate surface area is 111 Å². The summed E-state index contributed by atoms with van der Waals surface area (Å²) in [5.74, 6) is 0. The third-order valence-electron chi connectivity index (χ3n) is 4.69. The molecule has 2 rings (SSSR count). The van der Waals surface area contributed by atoms with Gasteiger partial charge in [0.05, 0.1) is 6.07 Å². The van der Waals surface area contributed by atoms with E-state index in [0.717, 1.165) is 39.1 Å². The standard InChI is InChI=1S/C14H26N4/c1-3-17(4-2)11-8-16-14(12-15)7-10-18-9-5-6-13(14)18/h13,16H,3-11H2,1-2H3. The monoisotopic (exact) mass is 250 g/mol. The van der Waals surface area contributed by atoms with Crippen LogP contribution in [0.25, 0.3) is 0 Å². The predicted molar refractivity (Wildman–Crippen MR) is 73.3 cm³/mol. The fourth-order valence-corrected chi connectivity index (χ4v) is 3.49. The molecule has 0 saturated carbocycles. The highest BCUT2D eigenvalue weighted by Crippen LogP contribution is 2.35. The van der Waals surface area contributed by atoms with Gasteiger partial charge in [0.1, 0.15) is 5.54 Å². The summed E-state index contributed by atoms with van der Waals surface area (Å²) in [5, 5.41) is 13.2. The van der Waals surface area contributed by atoms with E-state index in [-0.39, 0.29) is 5.54 Å². The van der Waals surface area contributed by atoms with Gasteiger partial charge in [-0.3, -0.25) is 10.2 Å². The molecule has 0 bridgehead atoms. The number of likely N-dealkylation sites (N-methyl/N-ethyl adjacent to an activating group) is 1. The Hall–Kier alpha value is -0.630. The van der Waals surface area contributed by atoms with Crippen molar-refractivity contribution in [3.05, 3.63) is 0 Å². The SMILES string of the molecule is CCN(CC)CCNC1(C#N)CCN2CCCC21. The smallest absolute Gasteiger partial charge is 0.123 e. The average Bonchev–Trinajstić information content (AvgIpc) is 2.98. The van der Waals surface area contributed by atoms with Gasteiger partial charge < -0.3 is 4.90 Å². The van der Waals surface area contributed by atoms with Crippen LogP contribution in [0.5, 0.6) is 0 Å². The van der Waals surface area contributed by atoms with E-state index in [2.05, 4.69) is 35.0 Å². The van der Waals surface area contributed by atoms with E-state index >= 15 is 0 Å². The van der Waals surface area contributed by atoms with Crippen molar-refractivity contribution in [3.63, 3.8) is 0 Å². The highest BCUT2D eigenvalue weighted by Gasteiger charge is 2.49. The van der Waals surface area contributed by atoms with E-state index in [0.29, 0.717) is 6.04 Å². The zero-order chi connectivity index (χ0) is 13.0. The van der Waals surface area contributed by atoms with Crippen molar-refractivity contribution in [2.75, 3.05) is 39.3 Å². The Bertz CT molecular complexity index is 307. The summed E-state index contributed by atoms with van der Waals surface area (Å²) < 4.78 is 0. The Morgan fingerprint density at radius 1 is 1.39 bits per heavy atom. The Morgan fingerprint density at radius 3 is 2.83 bits per heavy atom. The Kier molecular flexibility index (Phi) is 4.60. The molecule has 0 aromatic carbocycles. The number of fused-ring (bicyclic) bond motifs is 1. The van der Waals surface area contributed by atoms with Crippen LogP contribution in [0.2, 0.25) is 0 Å². The molecule has 0 amide bonds. The third-order valence-corrected chi connectivity index (χ3v) is 4.69. The van der Waals surface area contributed by atoms with Crippen molar-refractivity contribution in [1.82, 2.24) is 15.1 Å². The molecule has 2 atom stereocenters. The lowest BCUT2D eigenvalue weighted by Crippen LogP contribution is -2.53. The third kappa shape index (κ3) is 2.54. The van der Waals surface area contributed by atoms with Crippen molar-refractivity contribution in [2.24, 2.45) is 0 Å². The van der Waals surface area contributed by atoms with Gasteiger partial charge in [0.2, 0.25) is 0 Å². The second-order valence-electron chi connectivity index (χ2n) is 5.48. The molecule has 0 aromatic rings. The zero-order valence-electron chi connectivity index (χ0n) is 11.8. The minimum absolute atomic E-state index is 0.274. The first-order chi connectivity index (χ1) is 8.75. The lowest BCUT2D eigenvalue weighted by molar-refractivity contribution is 0.247. The second kappa shape index (κ2) is 6.01. The molecule has 0 spiro atoms. The van der Waals surface area contributed by atoms with E-state index < -0.39 is 0 Å². The number of hydrogen-bond donors (Lipinski definition) is 1. The topological polar surface area (TPSA) is 42.3 Å². The number of hydrogen-bond acceptors (Lipinski definition) is 4. The molecule has 18 heavy (non-hydrogen) atoms. The molecule has 4 heteroatoms. The summed E-state index contributed by atoms with van der Waals surface area (Å²) >= 11 is 0. The molecule has 2 aliphatic rings. The van der Waals surface area contributed by atoms with Crippen LogP contribution in [0, 0.1) is 11.3 Å². The lowest BCUT2D eigenvalue weighted by Gasteiger charge is -2.30. The molecule has 2 aliphatic heterocycles. The minimum Gasteiger partial charge on any atom is -0.303 e. The van der Waals surface area contributed by atoms with E-state index in [1.54, 1.807) is 0 Å². The molecule has 2 saturated heterocycles. The van der Waals surface area contributed by atoms with Gasteiger partial charge in [-0.05, 0) is 38.9 Å². The number of rotatable bonds is 6. The number of nitriles is 1. The second-order valence-corrected chi connectivity index (χ2v) is 5.48. The molecule has 1 N–H and O–H groups in total. The van der Waals surface area contributed by atoms with E-state index in [9.17, 15) is 5.26 Å². The van der Waals surface area contributed by atoms with Crippen molar-refractivity contribution in [1.29, 1.82) is 5.26 Å². The molecule has 0 aromatic heterocycles. The molecule has 2 unspecified atom stereocenters. The van der Waals surface area contributed by atoms with Crippen molar-refractivity contribution >= 4 is 0 Å². The fourth-order valence-electron chi connectivity index (χ4n) is 3.49. The first kappa shape index (κ1) is 13.8. The highest BCUT2D eigenvalue weighted by atomic mass is 15.3. The van der Waals surface area contributed by atoms with E-state index in [1.165, 1.54) is 19.4 Å². The lowest BCUT2D eigenvalue weighted by atomic mass is 9.90.